The van der Waals surface area contributed by atoms with Gasteiger partial charge in [-0.3, -0.25) is 0 Å². The van der Waals surface area contributed by atoms with Crippen LogP contribution in [0.4, 0.5) is 0 Å². The van der Waals surface area contributed by atoms with Gasteiger partial charge in [0.05, 0.1) is 0 Å². The van der Waals surface area contributed by atoms with Gasteiger partial charge in [0.2, 0.25) is 0 Å². The molecule has 0 spiro atoms. The zero-order valence-corrected chi connectivity index (χ0v) is 6.06. The van der Waals surface area contributed by atoms with E-state index in [1.54, 1.807) is 25.7 Å². The second-order valence-electron chi connectivity index (χ2n) is 4.58. The molecule has 3 rings (SSSR count). The Morgan fingerprint density at radius 1 is 1.33 bits per heavy atom. The van der Waals surface area contributed by atoms with Gasteiger partial charge in [-0.1, -0.05) is 6.92 Å². The molecule has 0 aromatic heterocycles. The predicted molar refractivity (Wildman–Crippen MR) is 37.0 cm³/mol. The first-order valence-electron chi connectivity index (χ1n) is 4.31. The second kappa shape index (κ2) is 1.09. The minimum Gasteiger partial charge on any atom is -0.0591 e. The lowest BCUT2D eigenvalue weighted by molar-refractivity contribution is 0.0553. The normalized spacial score (nSPS) is 68.3. The molecule has 0 aromatic carbocycles. The van der Waals surface area contributed by atoms with Gasteiger partial charge >= 0.3 is 0 Å². The maximum Gasteiger partial charge on any atom is -0.0266 e. The van der Waals surface area contributed by atoms with Crippen LogP contribution in [0.25, 0.3) is 0 Å². The van der Waals surface area contributed by atoms with Crippen molar-refractivity contribution in [2.24, 2.45) is 23.2 Å². The summed E-state index contributed by atoms with van der Waals surface area (Å²) < 4.78 is 0. The van der Waals surface area contributed by atoms with Crippen LogP contribution >= 0.6 is 0 Å². The molecule has 3 aliphatic rings. The summed E-state index contributed by atoms with van der Waals surface area (Å²) in [5, 5.41) is 0. The number of fused-ring (bicyclic) bond motifs is 3. The minimum atomic E-state index is 0.866. The molecule has 50 valence electrons. The summed E-state index contributed by atoms with van der Waals surface area (Å²) in [6.45, 7) is 2.53. The Bertz CT molecular complexity index is 155. The maximum atomic E-state index is 2.53. The highest BCUT2D eigenvalue weighted by atomic mass is 14.7. The highest BCUT2D eigenvalue weighted by molar-refractivity contribution is 5.13. The third-order valence-electron chi connectivity index (χ3n) is 4.32. The lowest BCUT2D eigenvalue weighted by atomic mass is 9.61. The first kappa shape index (κ1) is 4.76. The Kier molecular flexibility index (Phi) is 0.574. The molecule has 0 heterocycles. The molecule has 0 aliphatic heterocycles. The van der Waals surface area contributed by atoms with Crippen molar-refractivity contribution in [1.29, 1.82) is 0 Å². The van der Waals surface area contributed by atoms with Gasteiger partial charge in [0.25, 0.3) is 0 Å². The molecule has 0 saturated heterocycles. The molecule has 3 aliphatic carbocycles. The average molecular weight is 122 g/mol. The molecule has 0 bridgehead atoms. The highest BCUT2D eigenvalue weighted by Crippen LogP contribution is 2.72. The standard InChI is InChI=1S/C9H14/c1-9-3-2-7(9)4-6-5-8(6)9/h6-8H,2-5H2,1H3. The van der Waals surface area contributed by atoms with Crippen LogP contribution in [0.1, 0.15) is 32.6 Å². The fourth-order valence-electron chi connectivity index (χ4n) is 3.36. The van der Waals surface area contributed by atoms with Gasteiger partial charge in [0, 0.05) is 0 Å². The van der Waals surface area contributed by atoms with Crippen LogP contribution in [0, 0.1) is 23.2 Å². The first-order valence-corrected chi connectivity index (χ1v) is 4.31. The first-order chi connectivity index (χ1) is 4.31. The van der Waals surface area contributed by atoms with E-state index in [0.717, 1.165) is 5.41 Å². The SMILES string of the molecule is CC12CCC1CC1CC12. The summed E-state index contributed by atoms with van der Waals surface area (Å²) in [7, 11) is 0. The molecule has 4 unspecified atom stereocenters. The molecule has 0 amide bonds. The Morgan fingerprint density at radius 3 is 2.56 bits per heavy atom. The molecule has 0 nitrogen and oxygen atoms in total. The van der Waals surface area contributed by atoms with Crippen LogP contribution in [0.15, 0.2) is 0 Å². The summed E-state index contributed by atoms with van der Waals surface area (Å²) in [6.07, 6.45) is 6.30. The van der Waals surface area contributed by atoms with E-state index in [4.69, 9.17) is 0 Å². The van der Waals surface area contributed by atoms with Gasteiger partial charge in [-0.05, 0) is 48.9 Å². The number of rotatable bonds is 0. The predicted octanol–water partition coefficient (Wildman–Crippen LogP) is 2.44. The van der Waals surface area contributed by atoms with Crippen molar-refractivity contribution < 1.29 is 0 Å². The molecular formula is C9H14. The van der Waals surface area contributed by atoms with Gasteiger partial charge in [0.1, 0.15) is 0 Å². The molecule has 0 aromatic rings. The fraction of sp³-hybridized carbons (Fsp3) is 1.00. The molecule has 4 atom stereocenters. The van der Waals surface area contributed by atoms with Gasteiger partial charge in [-0.2, -0.15) is 0 Å². The summed E-state index contributed by atoms with van der Waals surface area (Å²) in [5.41, 5.74) is 0.866. The summed E-state index contributed by atoms with van der Waals surface area (Å²) in [5.74, 6) is 3.56. The zero-order valence-electron chi connectivity index (χ0n) is 6.06. The van der Waals surface area contributed by atoms with E-state index >= 15 is 0 Å². The third-order valence-corrected chi connectivity index (χ3v) is 4.32. The van der Waals surface area contributed by atoms with Crippen molar-refractivity contribution in [3.05, 3.63) is 0 Å². The molecule has 0 heteroatoms. The minimum absolute atomic E-state index is 0.866. The van der Waals surface area contributed by atoms with E-state index in [0.29, 0.717) is 0 Å². The van der Waals surface area contributed by atoms with Crippen molar-refractivity contribution in [2.75, 3.05) is 0 Å². The van der Waals surface area contributed by atoms with E-state index in [1.807, 2.05) is 0 Å². The van der Waals surface area contributed by atoms with Crippen LogP contribution in [-0.4, -0.2) is 0 Å². The van der Waals surface area contributed by atoms with Crippen LogP contribution in [-0.2, 0) is 0 Å². The smallest absolute Gasteiger partial charge is 0.0266 e. The Balaban J connectivity index is 1.99. The number of hydrogen-bond acceptors (Lipinski definition) is 0. The summed E-state index contributed by atoms with van der Waals surface area (Å²) in [6, 6.07) is 0. The van der Waals surface area contributed by atoms with Gasteiger partial charge in [-0.25, -0.2) is 0 Å². The Hall–Kier alpha value is 0. The van der Waals surface area contributed by atoms with Gasteiger partial charge in [-0.15, -0.1) is 0 Å². The van der Waals surface area contributed by atoms with Crippen molar-refractivity contribution in [3.63, 3.8) is 0 Å². The van der Waals surface area contributed by atoms with Gasteiger partial charge in [0.15, 0.2) is 0 Å². The van der Waals surface area contributed by atoms with E-state index in [2.05, 4.69) is 6.92 Å². The van der Waals surface area contributed by atoms with Crippen LogP contribution in [0.5, 0.6) is 0 Å². The van der Waals surface area contributed by atoms with Crippen LogP contribution in [0.2, 0.25) is 0 Å². The average Bonchev–Trinajstić information content (AvgIpc) is 2.53. The molecule has 0 N–H and O–H groups in total. The van der Waals surface area contributed by atoms with Crippen molar-refractivity contribution in [3.8, 4) is 0 Å². The third kappa shape index (κ3) is 0.367. The molecule has 3 fully saturated rings. The summed E-state index contributed by atoms with van der Waals surface area (Å²) in [4.78, 5) is 0. The van der Waals surface area contributed by atoms with Crippen molar-refractivity contribution >= 4 is 0 Å². The Morgan fingerprint density at radius 2 is 2.22 bits per heavy atom. The van der Waals surface area contributed by atoms with E-state index in [1.165, 1.54) is 17.8 Å². The second-order valence-corrected chi connectivity index (χ2v) is 4.58. The van der Waals surface area contributed by atoms with E-state index in [9.17, 15) is 0 Å². The Labute approximate surface area is 56.6 Å². The summed E-state index contributed by atoms with van der Waals surface area (Å²) >= 11 is 0. The largest absolute Gasteiger partial charge is 0.0591 e. The molecular weight excluding hydrogens is 108 g/mol. The zero-order chi connectivity index (χ0) is 6.06. The van der Waals surface area contributed by atoms with Crippen LogP contribution < -0.4 is 0 Å². The van der Waals surface area contributed by atoms with E-state index in [-0.39, 0.29) is 0 Å². The van der Waals surface area contributed by atoms with Crippen molar-refractivity contribution in [2.45, 2.75) is 32.6 Å². The lowest BCUT2D eigenvalue weighted by Crippen LogP contribution is -2.35. The number of hydrogen-bond donors (Lipinski definition) is 0. The fourth-order valence-corrected chi connectivity index (χ4v) is 3.36. The molecule has 3 saturated carbocycles. The van der Waals surface area contributed by atoms with E-state index < -0.39 is 0 Å². The van der Waals surface area contributed by atoms with Crippen molar-refractivity contribution in [1.82, 2.24) is 0 Å². The maximum absolute atomic E-state index is 2.53. The molecule has 0 radical (unpaired) electrons. The van der Waals surface area contributed by atoms with Gasteiger partial charge < -0.3 is 0 Å². The quantitative estimate of drug-likeness (QED) is 0.463. The highest BCUT2D eigenvalue weighted by Gasteiger charge is 2.63. The topological polar surface area (TPSA) is 0 Å². The molecule has 9 heavy (non-hydrogen) atoms. The lowest BCUT2D eigenvalue weighted by Gasteiger charge is -2.44. The van der Waals surface area contributed by atoms with Crippen LogP contribution in [0.3, 0.4) is 0 Å². The monoisotopic (exact) mass is 122 g/mol.